The molecular weight excluding hydrogens is 463 g/mol. The molecule has 0 radical (unpaired) electrons. The van der Waals surface area contributed by atoms with Gasteiger partial charge in [0.15, 0.2) is 11.8 Å². The van der Waals surface area contributed by atoms with Crippen LogP contribution in [-0.4, -0.2) is 27.8 Å². The summed E-state index contributed by atoms with van der Waals surface area (Å²) in [6.45, 7) is 7.48. The molecule has 1 aromatic carbocycles. The van der Waals surface area contributed by atoms with Gasteiger partial charge < -0.3 is 10.6 Å². The van der Waals surface area contributed by atoms with Gasteiger partial charge in [0.2, 0.25) is 0 Å². The first kappa shape index (κ1) is 21.9. The summed E-state index contributed by atoms with van der Waals surface area (Å²) in [6.07, 6.45) is 1.87. The SMILES string of the molecule is CN=C(NCc1ccc(C)cc1)NCc1ccc(-n2nc(C)cc2C)nc1.I. The molecule has 0 atom stereocenters. The van der Waals surface area contributed by atoms with Crippen molar-refractivity contribution in [3.05, 3.63) is 76.7 Å². The number of rotatable bonds is 5. The van der Waals surface area contributed by atoms with Crippen LogP contribution in [0.1, 0.15) is 28.1 Å². The third kappa shape index (κ3) is 5.79. The van der Waals surface area contributed by atoms with E-state index in [0.29, 0.717) is 6.54 Å². The maximum atomic E-state index is 4.53. The lowest BCUT2D eigenvalue weighted by molar-refractivity contribution is 0.790. The molecule has 148 valence electrons. The molecule has 0 saturated heterocycles. The molecule has 2 heterocycles. The minimum absolute atomic E-state index is 0. The zero-order valence-electron chi connectivity index (χ0n) is 16.7. The highest BCUT2D eigenvalue weighted by molar-refractivity contribution is 14.0. The van der Waals surface area contributed by atoms with Crippen molar-refractivity contribution in [2.75, 3.05) is 7.05 Å². The van der Waals surface area contributed by atoms with E-state index in [1.807, 2.05) is 36.9 Å². The van der Waals surface area contributed by atoms with Gasteiger partial charge in [-0.05, 0) is 44.0 Å². The number of benzene rings is 1. The maximum absolute atomic E-state index is 4.53. The lowest BCUT2D eigenvalue weighted by Gasteiger charge is -2.12. The molecule has 2 aromatic heterocycles. The smallest absolute Gasteiger partial charge is 0.191 e. The first-order valence-electron chi connectivity index (χ1n) is 9.04. The van der Waals surface area contributed by atoms with Gasteiger partial charge in [-0.2, -0.15) is 5.10 Å². The monoisotopic (exact) mass is 490 g/mol. The average Bonchev–Trinajstić information content (AvgIpc) is 3.02. The second-order valence-electron chi connectivity index (χ2n) is 6.63. The Morgan fingerprint density at radius 3 is 2.14 bits per heavy atom. The van der Waals surface area contributed by atoms with E-state index in [4.69, 9.17) is 0 Å². The van der Waals surface area contributed by atoms with Crippen LogP contribution in [0.25, 0.3) is 5.82 Å². The second-order valence-corrected chi connectivity index (χ2v) is 6.63. The number of aromatic nitrogens is 3. The van der Waals surface area contributed by atoms with Crippen LogP contribution in [0.3, 0.4) is 0 Å². The van der Waals surface area contributed by atoms with Crippen molar-refractivity contribution in [1.29, 1.82) is 0 Å². The molecule has 0 spiro atoms. The van der Waals surface area contributed by atoms with E-state index in [2.05, 4.69) is 63.0 Å². The normalized spacial score (nSPS) is 11.1. The second kappa shape index (κ2) is 10.2. The van der Waals surface area contributed by atoms with Gasteiger partial charge in [0.05, 0.1) is 5.69 Å². The number of pyridine rings is 1. The summed E-state index contributed by atoms with van der Waals surface area (Å²) in [5.74, 6) is 1.59. The summed E-state index contributed by atoms with van der Waals surface area (Å²) < 4.78 is 1.86. The number of hydrogen-bond donors (Lipinski definition) is 2. The van der Waals surface area contributed by atoms with Crippen molar-refractivity contribution in [3.63, 3.8) is 0 Å². The van der Waals surface area contributed by atoms with Crippen LogP contribution in [0, 0.1) is 20.8 Å². The number of guanidine groups is 1. The number of hydrogen-bond acceptors (Lipinski definition) is 3. The van der Waals surface area contributed by atoms with E-state index in [1.54, 1.807) is 7.05 Å². The van der Waals surface area contributed by atoms with E-state index in [-0.39, 0.29) is 24.0 Å². The molecule has 0 unspecified atom stereocenters. The molecule has 7 heteroatoms. The number of aryl methyl sites for hydroxylation is 3. The summed E-state index contributed by atoms with van der Waals surface area (Å²) in [7, 11) is 1.77. The van der Waals surface area contributed by atoms with Gasteiger partial charge in [-0.3, -0.25) is 4.99 Å². The van der Waals surface area contributed by atoms with Crippen LogP contribution in [0.15, 0.2) is 53.7 Å². The molecule has 0 fully saturated rings. The fraction of sp³-hybridized carbons (Fsp3) is 0.286. The summed E-state index contributed by atoms with van der Waals surface area (Å²) in [5.41, 5.74) is 5.63. The maximum Gasteiger partial charge on any atom is 0.191 e. The Kier molecular flexibility index (Phi) is 7.98. The predicted octanol–water partition coefficient (Wildman–Crippen LogP) is 3.68. The molecule has 0 saturated carbocycles. The van der Waals surface area contributed by atoms with Crippen molar-refractivity contribution < 1.29 is 0 Å². The van der Waals surface area contributed by atoms with Gasteiger partial charge in [-0.15, -0.1) is 24.0 Å². The Labute approximate surface area is 183 Å². The Bertz CT molecular complexity index is 913. The van der Waals surface area contributed by atoms with Crippen molar-refractivity contribution in [3.8, 4) is 5.82 Å². The number of halogens is 1. The standard InChI is InChI=1S/C21H26N6.HI/c1-15-5-7-18(8-6-15)12-24-21(22-4)25-14-19-9-10-20(23-13-19)27-17(3)11-16(2)26-27;/h5-11,13H,12,14H2,1-4H3,(H2,22,24,25);1H. The van der Waals surface area contributed by atoms with E-state index >= 15 is 0 Å². The minimum Gasteiger partial charge on any atom is -0.352 e. The van der Waals surface area contributed by atoms with Gasteiger partial charge in [0.25, 0.3) is 0 Å². The average molecular weight is 490 g/mol. The Morgan fingerprint density at radius 2 is 1.61 bits per heavy atom. The van der Waals surface area contributed by atoms with E-state index in [9.17, 15) is 0 Å². The van der Waals surface area contributed by atoms with Crippen molar-refractivity contribution >= 4 is 29.9 Å². The van der Waals surface area contributed by atoms with Crippen LogP contribution in [0.4, 0.5) is 0 Å². The summed E-state index contributed by atoms with van der Waals surface area (Å²) in [6, 6.07) is 14.6. The highest BCUT2D eigenvalue weighted by Crippen LogP contribution is 2.10. The molecule has 3 rings (SSSR count). The summed E-state index contributed by atoms with van der Waals surface area (Å²) in [5, 5.41) is 11.1. The van der Waals surface area contributed by atoms with E-state index in [1.165, 1.54) is 11.1 Å². The Hall–Kier alpha value is -2.42. The van der Waals surface area contributed by atoms with Crippen LogP contribution in [-0.2, 0) is 13.1 Å². The third-order valence-electron chi connectivity index (χ3n) is 4.30. The lowest BCUT2D eigenvalue weighted by Crippen LogP contribution is -2.36. The molecule has 0 bridgehead atoms. The highest BCUT2D eigenvalue weighted by Gasteiger charge is 2.05. The zero-order valence-corrected chi connectivity index (χ0v) is 19.1. The van der Waals surface area contributed by atoms with Gasteiger partial charge in [0.1, 0.15) is 0 Å². The zero-order chi connectivity index (χ0) is 19.2. The molecular formula is C21H27IN6. The fourth-order valence-electron chi connectivity index (χ4n) is 2.81. The molecule has 3 aromatic rings. The van der Waals surface area contributed by atoms with Crippen LogP contribution >= 0.6 is 24.0 Å². The van der Waals surface area contributed by atoms with Gasteiger partial charge in [-0.25, -0.2) is 9.67 Å². The quantitative estimate of drug-likeness (QED) is 0.326. The highest BCUT2D eigenvalue weighted by atomic mass is 127. The number of nitrogens with one attached hydrogen (secondary N) is 2. The molecule has 0 aliphatic rings. The van der Waals surface area contributed by atoms with Crippen molar-refractivity contribution in [2.24, 2.45) is 4.99 Å². The molecule has 2 N–H and O–H groups in total. The fourth-order valence-corrected chi connectivity index (χ4v) is 2.81. The largest absolute Gasteiger partial charge is 0.352 e. The molecule has 0 amide bonds. The molecule has 0 aliphatic heterocycles. The lowest BCUT2D eigenvalue weighted by atomic mass is 10.1. The molecule has 6 nitrogen and oxygen atoms in total. The van der Waals surface area contributed by atoms with Gasteiger partial charge in [0, 0.05) is 32.0 Å². The first-order chi connectivity index (χ1) is 13.0. The van der Waals surface area contributed by atoms with E-state index in [0.717, 1.165) is 35.3 Å². The topological polar surface area (TPSA) is 67.1 Å². The van der Waals surface area contributed by atoms with Crippen LogP contribution in [0.2, 0.25) is 0 Å². The molecule has 0 aliphatic carbocycles. The van der Waals surface area contributed by atoms with Gasteiger partial charge >= 0.3 is 0 Å². The van der Waals surface area contributed by atoms with Crippen molar-refractivity contribution in [2.45, 2.75) is 33.9 Å². The number of aliphatic imine (C=N–C) groups is 1. The minimum atomic E-state index is 0. The number of nitrogens with zero attached hydrogens (tertiary/aromatic N) is 4. The van der Waals surface area contributed by atoms with Crippen LogP contribution in [0.5, 0.6) is 0 Å². The summed E-state index contributed by atoms with van der Waals surface area (Å²) in [4.78, 5) is 8.80. The first-order valence-corrected chi connectivity index (χ1v) is 9.04. The Balaban J connectivity index is 0.00000280. The molecule has 28 heavy (non-hydrogen) atoms. The predicted molar refractivity (Wildman–Crippen MR) is 124 cm³/mol. The van der Waals surface area contributed by atoms with Crippen LogP contribution < -0.4 is 10.6 Å². The van der Waals surface area contributed by atoms with Gasteiger partial charge in [-0.1, -0.05) is 35.9 Å². The Morgan fingerprint density at radius 1 is 0.964 bits per heavy atom. The third-order valence-corrected chi connectivity index (χ3v) is 4.30. The summed E-state index contributed by atoms with van der Waals surface area (Å²) >= 11 is 0. The van der Waals surface area contributed by atoms with Crippen molar-refractivity contribution in [1.82, 2.24) is 25.4 Å². The van der Waals surface area contributed by atoms with E-state index < -0.39 is 0 Å².